The van der Waals surface area contributed by atoms with E-state index in [4.69, 9.17) is 0 Å². The second-order valence-electron chi connectivity index (χ2n) is 5.01. The van der Waals surface area contributed by atoms with Gasteiger partial charge in [-0.3, -0.25) is 4.79 Å². The fraction of sp³-hybridized carbons (Fsp3) is 0.643. The van der Waals surface area contributed by atoms with Crippen LogP contribution in [0.5, 0.6) is 0 Å². The van der Waals surface area contributed by atoms with Crippen LogP contribution in [0.2, 0.25) is 0 Å². The molecule has 1 unspecified atom stereocenters. The van der Waals surface area contributed by atoms with Crippen LogP contribution < -0.4 is 5.32 Å². The normalized spacial score (nSPS) is 17.6. The average Bonchev–Trinajstić information content (AvgIpc) is 3.04. The Bertz CT molecular complexity index is 413. The largest absolute Gasteiger partial charge is 0.386 e. The van der Waals surface area contributed by atoms with Crippen LogP contribution in [0.25, 0.3) is 0 Å². The molecule has 5 heteroatoms. The molecule has 0 spiro atoms. The number of carbonyl (C=O) groups is 1. The predicted octanol–water partition coefficient (Wildman–Crippen LogP) is 2.88. The summed E-state index contributed by atoms with van der Waals surface area (Å²) in [6.45, 7) is 2.29. The average molecular weight is 299 g/mol. The minimum atomic E-state index is -0.583. The Morgan fingerprint density at radius 2 is 2.32 bits per heavy atom. The molecule has 1 heterocycles. The molecule has 0 saturated heterocycles. The number of amides is 1. The Morgan fingerprint density at radius 1 is 1.58 bits per heavy atom. The summed E-state index contributed by atoms with van der Waals surface area (Å²) in [6, 6.07) is 1.99. The van der Waals surface area contributed by atoms with Crippen molar-refractivity contribution in [3.8, 4) is 0 Å². The van der Waals surface area contributed by atoms with Crippen molar-refractivity contribution in [1.29, 1.82) is 0 Å². The molecule has 3 nitrogen and oxygen atoms in total. The van der Waals surface area contributed by atoms with Crippen LogP contribution in [0.15, 0.2) is 11.4 Å². The number of hydrogen-bond acceptors (Lipinski definition) is 4. The molecule has 0 radical (unpaired) electrons. The van der Waals surface area contributed by atoms with Crippen molar-refractivity contribution in [2.75, 3.05) is 12.3 Å². The number of aliphatic hydroxyl groups is 1. The van der Waals surface area contributed by atoms with E-state index in [9.17, 15) is 9.90 Å². The lowest BCUT2D eigenvalue weighted by molar-refractivity contribution is -0.119. The van der Waals surface area contributed by atoms with Gasteiger partial charge in [0, 0.05) is 16.7 Å². The molecular weight excluding hydrogens is 278 g/mol. The Kier molecular flexibility index (Phi) is 5.73. The Balaban J connectivity index is 1.67. The van der Waals surface area contributed by atoms with E-state index < -0.39 is 6.10 Å². The summed E-state index contributed by atoms with van der Waals surface area (Å²) >= 11 is 3.29. The topological polar surface area (TPSA) is 49.3 Å². The van der Waals surface area contributed by atoms with Gasteiger partial charge in [-0.1, -0.05) is 12.8 Å². The fourth-order valence-electron chi connectivity index (χ4n) is 2.33. The first-order valence-corrected chi connectivity index (χ1v) is 8.70. The molecule has 1 aromatic heterocycles. The molecular formula is C14H21NO2S2. The van der Waals surface area contributed by atoms with Crippen LogP contribution >= 0.6 is 23.1 Å². The molecule has 106 valence electrons. The van der Waals surface area contributed by atoms with E-state index in [1.165, 1.54) is 37.0 Å². The molecule has 0 bridgehead atoms. The van der Waals surface area contributed by atoms with Gasteiger partial charge in [-0.2, -0.15) is 0 Å². The molecule has 1 amide bonds. The lowest BCUT2D eigenvalue weighted by Crippen LogP contribution is -2.30. The highest BCUT2D eigenvalue weighted by Gasteiger charge is 2.17. The zero-order valence-corrected chi connectivity index (χ0v) is 12.9. The van der Waals surface area contributed by atoms with E-state index in [0.29, 0.717) is 17.5 Å². The number of thiophene rings is 1. The third-order valence-corrected chi connectivity index (χ3v) is 5.94. The van der Waals surface area contributed by atoms with Crippen LogP contribution in [0.1, 0.15) is 42.2 Å². The van der Waals surface area contributed by atoms with Crippen molar-refractivity contribution < 1.29 is 9.90 Å². The van der Waals surface area contributed by atoms with Gasteiger partial charge in [-0.15, -0.1) is 23.1 Å². The number of nitrogens with one attached hydrogen (secondary N) is 1. The minimum Gasteiger partial charge on any atom is -0.386 e. The number of aliphatic hydroxyl groups excluding tert-OH is 1. The van der Waals surface area contributed by atoms with Crippen molar-refractivity contribution in [2.45, 2.75) is 44.0 Å². The molecule has 0 aromatic carbocycles. The highest BCUT2D eigenvalue weighted by atomic mass is 32.2. The molecule has 1 aromatic rings. The Hall–Kier alpha value is -0.520. The first-order chi connectivity index (χ1) is 9.16. The standard InChI is InChI=1S/C14H21NO2S2/c1-10-6-7-18-14(10)12(16)8-15-13(17)9-19-11-4-2-3-5-11/h6-7,11-12,16H,2-5,8-9H2,1H3,(H,15,17). The Labute approximate surface area is 122 Å². The molecule has 1 aliphatic carbocycles. The van der Waals surface area contributed by atoms with Gasteiger partial charge in [0.1, 0.15) is 6.10 Å². The summed E-state index contributed by atoms with van der Waals surface area (Å²) in [5.41, 5.74) is 1.09. The van der Waals surface area contributed by atoms with Crippen molar-refractivity contribution in [3.63, 3.8) is 0 Å². The number of rotatable bonds is 6. The van der Waals surface area contributed by atoms with Gasteiger partial charge in [-0.05, 0) is 36.8 Å². The SMILES string of the molecule is Cc1ccsc1C(O)CNC(=O)CSC1CCCC1. The molecule has 2 rings (SSSR count). The minimum absolute atomic E-state index is 0.0326. The number of carbonyl (C=O) groups excluding carboxylic acids is 1. The number of aryl methyl sites for hydroxylation is 1. The first kappa shape index (κ1) is 14.9. The number of hydrogen-bond donors (Lipinski definition) is 2. The summed E-state index contributed by atoms with van der Waals surface area (Å²) in [5.74, 6) is 0.547. The maximum Gasteiger partial charge on any atom is 0.230 e. The van der Waals surface area contributed by atoms with Gasteiger partial charge in [0.25, 0.3) is 0 Å². The first-order valence-electron chi connectivity index (χ1n) is 6.77. The van der Waals surface area contributed by atoms with Crippen LogP contribution in [-0.4, -0.2) is 28.6 Å². The molecule has 0 aliphatic heterocycles. The van der Waals surface area contributed by atoms with Crippen LogP contribution in [0, 0.1) is 6.92 Å². The van der Waals surface area contributed by atoms with Crippen LogP contribution in [-0.2, 0) is 4.79 Å². The zero-order valence-electron chi connectivity index (χ0n) is 11.2. The van der Waals surface area contributed by atoms with Crippen molar-refractivity contribution in [3.05, 3.63) is 21.9 Å². The summed E-state index contributed by atoms with van der Waals surface area (Å²) in [5, 5.41) is 15.5. The van der Waals surface area contributed by atoms with Crippen molar-refractivity contribution in [2.24, 2.45) is 0 Å². The third kappa shape index (κ3) is 4.51. The zero-order chi connectivity index (χ0) is 13.7. The van der Waals surface area contributed by atoms with Gasteiger partial charge >= 0.3 is 0 Å². The fourth-order valence-corrected chi connectivity index (χ4v) is 4.40. The quantitative estimate of drug-likeness (QED) is 0.849. The molecule has 1 atom stereocenters. The van der Waals surface area contributed by atoms with E-state index in [2.05, 4.69) is 5.32 Å². The summed E-state index contributed by atoms with van der Waals surface area (Å²) < 4.78 is 0. The lowest BCUT2D eigenvalue weighted by atomic mass is 10.2. The van der Waals surface area contributed by atoms with Crippen LogP contribution in [0.3, 0.4) is 0 Å². The second-order valence-corrected chi connectivity index (χ2v) is 7.24. The summed E-state index contributed by atoms with van der Waals surface area (Å²) in [7, 11) is 0. The highest BCUT2D eigenvalue weighted by molar-refractivity contribution is 8.00. The highest BCUT2D eigenvalue weighted by Crippen LogP contribution is 2.29. The predicted molar refractivity (Wildman–Crippen MR) is 81.7 cm³/mol. The van der Waals surface area contributed by atoms with E-state index in [1.807, 2.05) is 18.4 Å². The van der Waals surface area contributed by atoms with E-state index in [-0.39, 0.29) is 5.91 Å². The molecule has 19 heavy (non-hydrogen) atoms. The maximum absolute atomic E-state index is 11.7. The van der Waals surface area contributed by atoms with Gasteiger partial charge in [-0.25, -0.2) is 0 Å². The summed E-state index contributed by atoms with van der Waals surface area (Å²) in [4.78, 5) is 12.7. The van der Waals surface area contributed by atoms with Gasteiger partial charge in [0.05, 0.1) is 5.75 Å². The van der Waals surface area contributed by atoms with Crippen molar-refractivity contribution >= 4 is 29.0 Å². The molecule has 1 saturated carbocycles. The monoisotopic (exact) mass is 299 g/mol. The molecule has 2 N–H and O–H groups in total. The smallest absolute Gasteiger partial charge is 0.230 e. The van der Waals surface area contributed by atoms with Gasteiger partial charge in [0.2, 0.25) is 5.91 Å². The van der Waals surface area contributed by atoms with Gasteiger partial charge in [0.15, 0.2) is 0 Å². The third-order valence-electron chi connectivity index (χ3n) is 3.45. The lowest BCUT2D eigenvalue weighted by Gasteiger charge is -2.12. The molecule has 1 aliphatic rings. The number of thioether (sulfide) groups is 1. The maximum atomic E-state index is 11.7. The Morgan fingerprint density at radius 3 is 2.95 bits per heavy atom. The second kappa shape index (κ2) is 7.31. The van der Waals surface area contributed by atoms with Crippen LogP contribution in [0.4, 0.5) is 0 Å². The summed E-state index contributed by atoms with van der Waals surface area (Å²) in [6.07, 6.45) is 4.51. The van der Waals surface area contributed by atoms with E-state index >= 15 is 0 Å². The van der Waals surface area contributed by atoms with E-state index in [1.54, 1.807) is 11.8 Å². The van der Waals surface area contributed by atoms with Gasteiger partial charge < -0.3 is 10.4 Å². The van der Waals surface area contributed by atoms with E-state index in [0.717, 1.165) is 10.4 Å². The van der Waals surface area contributed by atoms with Crippen molar-refractivity contribution in [1.82, 2.24) is 5.32 Å². The molecule has 1 fully saturated rings.